The smallest absolute Gasteiger partial charge is 0.205 e. The van der Waals surface area contributed by atoms with Gasteiger partial charge in [-0.25, -0.2) is 0 Å². The highest BCUT2D eigenvalue weighted by Crippen LogP contribution is 2.39. The minimum absolute atomic E-state index is 0.381. The summed E-state index contributed by atoms with van der Waals surface area (Å²) < 4.78 is 0. The van der Waals surface area contributed by atoms with Gasteiger partial charge < -0.3 is 10.2 Å². The van der Waals surface area contributed by atoms with E-state index in [9.17, 15) is 0 Å². The molecular formula is C8H14N4S. The number of hydrogen-bond acceptors (Lipinski definition) is 5. The average molecular weight is 198 g/mol. The summed E-state index contributed by atoms with van der Waals surface area (Å²) in [7, 11) is 4.27. The van der Waals surface area contributed by atoms with Crippen LogP contribution in [0.2, 0.25) is 0 Å². The summed E-state index contributed by atoms with van der Waals surface area (Å²) in [6.45, 7) is 0.981. The van der Waals surface area contributed by atoms with Crippen molar-refractivity contribution in [3.05, 3.63) is 5.51 Å². The molecule has 0 atom stereocenters. The van der Waals surface area contributed by atoms with Crippen LogP contribution in [0.15, 0.2) is 5.51 Å². The van der Waals surface area contributed by atoms with E-state index in [0.717, 1.165) is 11.7 Å². The molecule has 2 rings (SSSR count). The molecule has 1 heterocycles. The molecule has 0 amide bonds. The van der Waals surface area contributed by atoms with Crippen molar-refractivity contribution in [2.24, 2.45) is 0 Å². The van der Waals surface area contributed by atoms with Gasteiger partial charge in [0.2, 0.25) is 5.13 Å². The van der Waals surface area contributed by atoms with Crippen LogP contribution in [-0.2, 0) is 0 Å². The zero-order valence-corrected chi connectivity index (χ0v) is 8.77. The van der Waals surface area contributed by atoms with E-state index in [4.69, 9.17) is 0 Å². The van der Waals surface area contributed by atoms with E-state index in [0.29, 0.717) is 5.54 Å². The predicted molar refractivity (Wildman–Crippen MR) is 54.1 cm³/mol. The third-order valence-electron chi connectivity index (χ3n) is 2.70. The van der Waals surface area contributed by atoms with Crippen LogP contribution >= 0.6 is 11.3 Å². The van der Waals surface area contributed by atoms with Crippen LogP contribution in [0.5, 0.6) is 0 Å². The number of nitrogens with one attached hydrogen (secondary N) is 1. The first-order chi connectivity index (χ1) is 6.23. The van der Waals surface area contributed by atoms with Gasteiger partial charge in [0, 0.05) is 12.1 Å². The van der Waals surface area contributed by atoms with Gasteiger partial charge in [0.15, 0.2) is 0 Å². The molecule has 0 bridgehead atoms. The van der Waals surface area contributed by atoms with E-state index in [1.807, 2.05) is 0 Å². The second-order valence-electron chi connectivity index (χ2n) is 3.72. The molecule has 1 saturated carbocycles. The van der Waals surface area contributed by atoms with Crippen molar-refractivity contribution in [2.75, 3.05) is 26.0 Å². The fraction of sp³-hybridized carbons (Fsp3) is 0.750. The number of aromatic nitrogens is 2. The summed E-state index contributed by atoms with van der Waals surface area (Å²) in [5.74, 6) is 0. The lowest BCUT2D eigenvalue weighted by atomic mass is 10.2. The van der Waals surface area contributed by atoms with Crippen molar-refractivity contribution in [1.29, 1.82) is 0 Å². The lowest BCUT2D eigenvalue weighted by molar-refractivity contribution is 0.284. The Balaban J connectivity index is 1.86. The second-order valence-corrected chi connectivity index (χ2v) is 4.55. The maximum Gasteiger partial charge on any atom is 0.205 e. The molecule has 1 aromatic rings. The number of likely N-dealkylation sites (N-methyl/N-ethyl adjacent to an activating group) is 1. The Morgan fingerprint density at radius 3 is 2.85 bits per heavy atom. The first-order valence-electron chi connectivity index (χ1n) is 4.40. The van der Waals surface area contributed by atoms with Gasteiger partial charge in [-0.3, -0.25) is 0 Å². The maximum absolute atomic E-state index is 3.95. The molecule has 0 aliphatic heterocycles. The molecule has 0 spiro atoms. The Labute approximate surface area is 82.0 Å². The van der Waals surface area contributed by atoms with Crippen LogP contribution in [-0.4, -0.2) is 41.3 Å². The Kier molecular flexibility index (Phi) is 2.21. The highest BCUT2D eigenvalue weighted by atomic mass is 32.1. The van der Waals surface area contributed by atoms with E-state index in [1.54, 1.807) is 16.8 Å². The summed E-state index contributed by atoms with van der Waals surface area (Å²) in [5.41, 5.74) is 2.13. The molecule has 72 valence electrons. The molecule has 5 heteroatoms. The van der Waals surface area contributed by atoms with Crippen molar-refractivity contribution in [3.8, 4) is 0 Å². The molecule has 4 nitrogen and oxygen atoms in total. The van der Waals surface area contributed by atoms with E-state index >= 15 is 0 Å². The van der Waals surface area contributed by atoms with Gasteiger partial charge in [0.1, 0.15) is 5.51 Å². The summed E-state index contributed by atoms with van der Waals surface area (Å²) in [5, 5.41) is 12.0. The summed E-state index contributed by atoms with van der Waals surface area (Å²) in [6.07, 6.45) is 2.57. The molecule has 13 heavy (non-hydrogen) atoms. The SMILES string of the molecule is CN(C)C1(CNc2nncs2)CC1. The average Bonchev–Trinajstić information content (AvgIpc) is 2.73. The monoisotopic (exact) mass is 198 g/mol. The van der Waals surface area contributed by atoms with Crippen LogP contribution in [0.3, 0.4) is 0 Å². The van der Waals surface area contributed by atoms with Gasteiger partial charge >= 0.3 is 0 Å². The fourth-order valence-corrected chi connectivity index (χ4v) is 1.86. The zero-order chi connectivity index (χ0) is 9.31. The highest BCUT2D eigenvalue weighted by molar-refractivity contribution is 7.13. The highest BCUT2D eigenvalue weighted by Gasteiger charge is 2.44. The van der Waals surface area contributed by atoms with Gasteiger partial charge in [-0.1, -0.05) is 11.3 Å². The third-order valence-corrected chi connectivity index (χ3v) is 3.35. The van der Waals surface area contributed by atoms with Crippen molar-refractivity contribution in [3.63, 3.8) is 0 Å². The molecule has 1 aromatic heterocycles. The Hall–Kier alpha value is -0.680. The van der Waals surface area contributed by atoms with Crippen LogP contribution in [0.25, 0.3) is 0 Å². The summed E-state index contributed by atoms with van der Waals surface area (Å²) in [6, 6.07) is 0. The summed E-state index contributed by atoms with van der Waals surface area (Å²) >= 11 is 1.55. The van der Waals surface area contributed by atoms with Crippen LogP contribution < -0.4 is 5.32 Å². The largest absolute Gasteiger partial charge is 0.358 e. The van der Waals surface area contributed by atoms with Gasteiger partial charge in [0.25, 0.3) is 0 Å². The van der Waals surface area contributed by atoms with Gasteiger partial charge in [-0.2, -0.15) is 0 Å². The van der Waals surface area contributed by atoms with Crippen molar-refractivity contribution in [1.82, 2.24) is 15.1 Å². The van der Waals surface area contributed by atoms with Gasteiger partial charge in [0.05, 0.1) is 0 Å². The predicted octanol–water partition coefficient (Wildman–Crippen LogP) is 1.04. The van der Waals surface area contributed by atoms with E-state index < -0.39 is 0 Å². The third kappa shape index (κ3) is 1.81. The first-order valence-corrected chi connectivity index (χ1v) is 5.28. The van der Waals surface area contributed by atoms with Crippen LogP contribution in [0.1, 0.15) is 12.8 Å². The van der Waals surface area contributed by atoms with Gasteiger partial charge in [-0.05, 0) is 26.9 Å². The standard InChI is InChI=1S/C8H14N4S/c1-12(2)8(3-4-8)5-9-7-11-10-6-13-7/h6H,3-5H2,1-2H3,(H,9,11). The minimum Gasteiger partial charge on any atom is -0.358 e. The Morgan fingerprint density at radius 2 is 2.38 bits per heavy atom. The molecule has 0 radical (unpaired) electrons. The molecule has 0 aromatic carbocycles. The van der Waals surface area contributed by atoms with Crippen LogP contribution in [0, 0.1) is 0 Å². The van der Waals surface area contributed by atoms with Gasteiger partial charge in [-0.15, -0.1) is 10.2 Å². The zero-order valence-electron chi connectivity index (χ0n) is 7.95. The maximum atomic E-state index is 3.95. The van der Waals surface area contributed by atoms with E-state index in [1.165, 1.54) is 12.8 Å². The number of anilines is 1. The van der Waals surface area contributed by atoms with Crippen LogP contribution in [0.4, 0.5) is 5.13 Å². The van der Waals surface area contributed by atoms with E-state index in [-0.39, 0.29) is 0 Å². The number of nitrogens with zero attached hydrogens (tertiary/aromatic N) is 3. The number of hydrogen-bond donors (Lipinski definition) is 1. The van der Waals surface area contributed by atoms with Crippen molar-refractivity contribution in [2.45, 2.75) is 18.4 Å². The molecule has 1 fully saturated rings. The Morgan fingerprint density at radius 1 is 1.62 bits per heavy atom. The second kappa shape index (κ2) is 3.23. The first kappa shape index (κ1) is 8.90. The quantitative estimate of drug-likeness (QED) is 0.785. The molecule has 1 aliphatic rings. The lowest BCUT2D eigenvalue weighted by Gasteiger charge is -2.23. The fourth-order valence-electron chi connectivity index (χ4n) is 1.42. The molecule has 1 aliphatic carbocycles. The van der Waals surface area contributed by atoms with Crippen molar-refractivity contribution < 1.29 is 0 Å². The normalized spacial score (nSPS) is 19.0. The molecule has 0 saturated heterocycles. The lowest BCUT2D eigenvalue weighted by Crippen LogP contribution is -2.36. The van der Waals surface area contributed by atoms with E-state index in [2.05, 4.69) is 34.5 Å². The minimum atomic E-state index is 0.381. The number of rotatable bonds is 4. The molecule has 0 unspecified atom stereocenters. The molecule has 1 N–H and O–H groups in total. The summed E-state index contributed by atoms with van der Waals surface area (Å²) in [4.78, 5) is 2.29. The van der Waals surface area contributed by atoms with Crippen molar-refractivity contribution >= 4 is 16.5 Å². The Bertz CT molecular complexity index is 266. The molecular weight excluding hydrogens is 184 g/mol. The topological polar surface area (TPSA) is 41.0 Å².